The van der Waals surface area contributed by atoms with Crippen LogP contribution in [-0.2, 0) is 20.9 Å². The van der Waals surface area contributed by atoms with Crippen LogP contribution < -0.4 is 15.4 Å². The molecule has 3 rings (SSSR count). The Labute approximate surface area is 152 Å². The number of piperazine rings is 2. The van der Waals surface area contributed by atoms with Crippen LogP contribution >= 0.6 is 0 Å². The number of hydrogen-bond acceptors (Lipinski definition) is 5. The number of benzene rings is 1. The zero-order valence-corrected chi connectivity index (χ0v) is 14.9. The van der Waals surface area contributed by atoms with Crippen LogP contribution in [0.4, 0.5) is 0 Å². The molecule has 140 valence electrons. The van der Waals surface area contributed by atoms with Crippen molar-refractivity contribution in [2.45, 2.75) is 19.0 Å². The van der Waals surface area contributed by atoms with Crippen LogP contribution in [0, 0.1) is 0 Å². The molecule has 26 heavy (non-hydrogen) atoms. The highest BCUT2D eigenvalue weighted by molar-refractivity contribution is 5.91. The van der Waals surface area contributed by atoms with Gasteiger partial charge >= 0.3 is 0 Å². The lowest BCUT2D eigenvalue weighted by Gasteiger charge is -2.36. The Morgan fingerprint density at radius 3 is 2.81 bits per heavy atom. The van der Waals surface area contributed by atoms with Gasteiger partial charge in [0.05, 0.1) is 26.1 Å². The lowest BCUT2D eigenvalue weighted by molar-refractivity contribution is -0.142. The van der Waals surface area contributed by atoms with Crippen molar-refractivity contribution in [3.05, 3.63) is 29.8 Å². The Morgan fingerprint density at radius 2 is 2.04 bits per heavy atom. The third kappa shape index (κ3) is 4.32. The molecule has 0 saturated carbocycles. The number of carbonyl (C=O) groups is 3. The first-order valence-corrected chi connectivity index (χ1v) is 8.76. The average Bonchev–Trinajstić information content (AvgIpc) is 2.64. The molecule has 0 unspecified atom stereocenters. The summed E-state index contributed by atoms with van der Waals surface area (Å²) >= 11 is 0. The predicted octanol–water partition coefficient (Wildman–Crippen LogP) is -0.656. The van der Waals surface area contributed by atoms with Gasteiger partial charge in [-0.2, -0.15) is 0 Å². The first-order chi connectivity index (χ1) is 12.6. The number of hydrogen-bond donors (Lipinski definition) is 2. The second kappa shape index (κ2) is 8.18. The molecule has 8 nitrogen and oxygen atoms in total. The maximum atomic E-state index is 12.6. The molecule has 0 aromatic heterocycles. The molecular weight excluding hydrogens is 336 g/mol. The van der Waals surface area contributed by atoms with Crippen LogP contribution in [-0.4, -0.2) is 73.4 Å². The number of nitrogens with zero attached hydrogens (tertiary/aromatic N) is 2. The Bertz CT molecular complexity index is 694. The van der Waals surface area contributed by atoms with Crippen LogP contribution in [0.25, 0.3) is 0 Å². The number of ether oxygens (including phenoxy) is 1. The molecule has 2 N–H and O–H groups in total. The van der Waals surface area contributed by atoms with Gasteiger partial charge in [0.2, 0.25) is 17.7 Å². The number of rotatable bonds is 5. The Morgan fingerprint density at radius 1 is 1.23 bits per heavy atom. The highest BCUT2D eigenvalue weighted by Crippen LogP contribution is 2.18. The lowest BCUT2D eigenvalue weighted by Crippen LogP contribution is -2.57. The van der Waals surface area contributed by atoms with E-state index in [1.807, 2.05) is 29.2 Å². The standard InChI is InChI=1S/C18H24N4O4/c1-26-14-4-2-3-13(9-14)11-21-7-6-20-18(25)15(21)10-17(24)22-8-5-19-16(23)12-22/h2-4,9,15H,5-8,10-12H2,1H3,(H,19,23)(H,20,25)/t15-/m1/s1. The second-order valence-corrected chi connectivity index (χ2v) is 6.50. The van der Waals surface area contributed by atoms with Gasteiger partial charge in [-0.3, -0.25) is 19.3 Å². The van der Waals surface area contributed by atoms with Crippen LogP contribution in [0.5, 0.6) is 5.75 Å². The van der Waals surface area contributed by atoms with E-state index in [0.717, 1.165) is 11.3 Å². The molecule has 2 saturated heterocycles. The maximum Gasteiger partial charge on any atom is 0.239 e. The van der Waals surface area contributed by atoms with Gasteiger partial charge in [-0.15, -0.1) is 0 Å². The highest BCUT2D eigenvalue weighted by atomic mass is 16.5. The quantitative estimate of drug-likeness (QED) is 0.728. The minimum Gasteiger partial charge on any atom is -0.497 e. The number of amides is 3. The summed E-state index contributed by atoms with van der Waals surface area (Å²) in [6, 6.07) is 7.15. The van der Waals surface area contributed by atoms with Gasteiger partial charge in [-0.1, -0.05) is 12.1 Å². The predicted molar refractivity (Wildman–Crippen MR) is 94.4 cm³/mol. The van der Waals surface area contributed by atoms with Crippen molar-refractivity contribution in [1.82, 2.24) is 20.4 Å². The van der Waals surface area contributed by atoms with Crippen LogP contribution in [0.2, 0.25) is 0 Å². The van der Waals surface area contributed by atoms with Crippen molar-refractivity contribution in [1.29, 1.82) is 0 Å². The summed E-state index contributed by atoms with van der Waals surface area (Å²) < 4.78 is 5.25. The third-order valence-electron chi connectivity index (χ3n) is 4.72. The highest BCUT2D eigenvalue weighted by Gasteiger charge is 2.33. The molecule has 2 aliphatic rings. The number of carbonyl (C=O) groups excluding carboxylic acids is 3. The molecule has 0 aliphatic carbocycles. The van der Waals surface area contributed by atoms with Crippen molar-refractivity contribution in [3.8, 4) is 5.75 Å². The van der Waals surface area contributed by atoms with E-state index in [0.29, 0.717) is 32.7 Å². The fourth-order valence-electron chi connectivity index (χ4n) is 3.32. The van der Waals surface area contributed by atoms with Crippen molar-refractivity contribution >= 4 is 17.7 Å². The van der Waals surface area contributed by atoms with E-state index in [4.69, 9.17) is 4.74 Å². The molecule has 0 radical (unpaired) electrons. The fraction of sp³-hybridized carbons (Fsp3) is 0.500. The SMILES string of the molecule is COc1cccc(CN2CCNC(=O)[C@H]2CC(=O)N2CCNC(=O)C2)c1. The molecule has 0 bridgehead atoms. The van der Waals surface area contributed by atoms with E-state index in [-0.39, 0.29) is 30.7 Å². The third-order valence-corrected chi connectivity index (χ3v) is 4.72. The maximum absolute atomic E-state index is 12.6. The van der Waals surface area contributed by atoms with Gasteiger partial charge in [0.1, 0.15) is 5.75 Å². The van der Waals surface area contributed by atoms with Crippen molar-refractivity contribution < 1.29 is 19.1 Å². The number of methoxy groups -OCH3 is 1. The molecule has 2 fully saturated rings. The van der Waals surface area contributed by atoms with Crippen LogP contribution in [0.3, 0.4) is 0 Å². The normalized spacial score (nSPS) is 21.1. The molecular formula is C18H24N4O4. The van der Waals surface area contributed by atoms with E-state index in [2.05, 4.69) is 10.6 Å². The fourth-order valence-corrected chi connectivity index (χ4v) is 3.32. The van der Waals surface area contributed by atoms with Crippen molar-refractivity contribution in [2.24, 2.45) is 0 Å². The van der Waals surface area contributed by atoms with Crippen LogP contribution in [0.15, 0.2) is 24.3 Å². The van der Waals surface area contributed by atoms with Gasteiger partial charge in [0.25, 0.3) is 0 Å². The molecule has 2 heterocycles. The molecule has 8 heteroatoms. The summed E-state index contributed by atoms with van der Waals surface area (Å²) in [5, 5.41) is 5.53. The summed E-state index contributed by atoms with van der Waals surface area (Å²) in [5.41, 5.74) is 1.02. The topological polar surface area (TPSA) is 91.0 Å². The first kappa shape index (κ1) is 18.2. The summed E-state index contributed by atoms with van der Waals surface area (Å²) in [6.07, 6.45) is 0.0725. The Hall–Kier alpha value is -2.61. The zero-order chi connectivity index (χ0) is 18.5. The number of nitrogens with one attached hydrogen (secondary N) is 2. The molecule has 1 aromatic rings. The van der Waals surface area contributed by atoms with Crippen molar-refractivity contribution in [3.63, 3.8) is 0 Å². The minimum absolute atomic E-state index is 0.0586. The summed E-state index contributed by atoms with van der Waals surface area (Å²) in [5.74, 6) is 0.286. The first-order valence-electron chi connectivity index (χ1n) is 8.76. The van der Waals surface area contributed by atoms with Gasteiger partial charge in [0.15, 0.2) is 0 Å². The van der Waals surface area contributed by atoms with E-state index in [1.54, 1.807) is 7.11 Å². The van der Waals surface area contributed by atoms with Gasteiger partial charge in [0, 0.05) is 32.7 Å². The lowest BCUT2D eigenvalue weighted by atomic mass is 10.1. The van der Waals surface area contributed by atoms with Gasteiger partial charge < -0.3 is 20.3 Å². The molecule has 3 amide bonds. The Kier molecular flexibility index (Phi) is 5.72. The zero-order valence-electron chi connectivity index (χ0n) is 14.9. The summed E-state index contributed by atoms with van der Waals surface area (Å²) in [7, 11) is 1.61. The summed E-state index contributed by atoms with van der Waals surface area (Å²) in [4.78, 5) is 40.0. The van der Waals surface area contributed by atoms with Gasteiger partial charge in [-0.25, -0.2) is 0 Å². The van der Waals surface area contributed by atoms with E-state index < -0.39 is 6.04 Å². The van der Waals surface area contributed by atoms with E-state index in [9.17, 15) is 14.4 Å². The second-order valence-electron chi connectivity index (χ2n) is 6.50. The monoisotopic (exact) mass is 360 g/mol. The van der Waals surface area contributed by atoms with Crippen molar-refractivity contribution in [2.75, 3.05) is 39.8 Å². The molecule has 1 aromatic carbocycles. The van der Waals surface area contributed by atoms with E-state index in [1.165, 1.54) is 4.90 Å². The van der Waals surface area contributed by atoms with Gasteiger partial charge in [-0.05, 0) is 17.7 Å². The molecule has 2 aliphatic heterocycles. The average molecular weight is 360 g/mol. The summed E-state index contributed by atoms with van der Waals surface area (Å²) in [6.45, 7) is 2.77. The van der Waals surface area contributed by atoms with Crippen LogP contribution in [0.1, 0.15) is 12.0 Å². The Balaban J connectivity index is 1.68. The molecule has 0 spiro atoms. The molecule has 1 atom stereocenters. The largest absolute Gasteiger partial charge is 0.497 e. The minimum atomic E-state index is -0.535. The van der Waals surface area contributed by atoms with E-state index >= 15 is 0 Å². The smallest absolute Gasteiger partial charge is 0.239 e.